The Morgan fingerprint density at radius 1 is 0.862 bits per heavy atom. The zero-order chi connectivity index (χ0) is 20.1. The lowest BCUT2D eigenvalue weighted by Gasteiger charge is -2.25. The molecule has 0 radical (unpaired) electrons. The maximum absolute atomic E-state index is 11.4. The first-order chi connectivity index (χ1) is 14.2. The van der Waals surface area contributed by atoms with E-state index in [0.717, 1.165) is 25.0 Å². The van der Waals surface area contributed by atoms with Crippen LogP contribution < -0.4 is 4.90 Å². The average molecular weight is 383 g/mol. The summed E-state index contributed by atoms with van der Waals surface area (Å²) in [4.78, 5) is 17.2. The number of aromatic amines is 1. The Hall–Kier alpha value is -3.33. The fourth-order valence-corrected chi connectivity index (χ4v) is 3.73. The molecule has 0 saturated carbocycles. The molecule has 0 atom stereocenters. The SMILES string of the molecule is CC(=O)CCc1c[nH]c2ccc(N(Cc3ccccc3)Cc3ccccc3)cc12. The number of rotatable bonds is 8. The number of benzene rings is 3. The molecule has 3 heteroatoms. The van der Waals surface area contributed by atoms with Gasteiger partial charge in [0.15, 0.2) is 0 Å². The van der Waals surface area contributed by atoms with Crippen molar-refractivity contribution in [1.29, 1.82) is 0 Å². The van der Waals surface area contributed by atoms with E-state index in [4.69, 9.17) is 0 Å². The molecule has 1 heterocycles. The van der Waals surface area contributed by atoms with Crippen LogP contribution in [0.5, 0.6) is 0 Å². The number of Topliss-reactive ketones (excluding diaryl/α,β-unsaturated/α-hetero) is 1. The smallest absolute Gasteiger partial charge is 0.130 e. The lowest BCUT2D eigenvalue weighted by Crippen LogP contribution is -2.22. The summed E-state index contributed by atoms with van der Waals surface area (Å²) in [5.41, 5.74) is 6.08. The van der Waals surface area contributed by atoms with Crippen molar-refractivity contribution in [3.63, 3.8) is 0 Å². The van der Waals surface area contributed by atoms with Gasteiger partial charge in [-0.25, -0.2) is 0 Å². The Labute approximate surface area is 172 Å². The minimum atomic E-state index is 0.227. The van der Waals surface area contributed by atoms with Crippen molar-refractivity contribution < 1.29 is 4.79 Å². The predicted molar refractivity (Wildman–Crippen MR) is 120 cm³/mol. The van der Waals surface area contributed by atoms with E-state index in [9.17, 15) is 4.79 Å². The van der Waals surface area contributed by atoms with Crippen molar-refractivity contribution >= 4 is 22.4 Å². The predicted octanol–water partition coefficient (Wildman–Crippen LogP) is 5.90. The molecule has 4 rings (SSSR count). The molecule has 4 aromatic rings. The highest BCUT2D eigenvalue weighted by atomic mass is 16.1. The molecule has 0 spiro atoms. The monoisotopic (exact) mass is 382 g/mol. The molecule has 0 aliphatic carbocycles. The van der Waals surface area contributed by atoms with E-state index in [1.807, 2.05) is 6.20 Å². The molecule has 3 aromatic carbocycles. The maximum atomic E-state index is 11.4. The van der Waals surface area contributed by atoms with Crippen LogP contribution in [0.25, 0.3) is 10.9 Å². The van der Waals surface area contributed by atoms with Gasteiger partial charge in [0.05, 0.1) is 0 Å². The largest absolute Gasteiger partial charge is 0.363 e. The van der Waals surface area contributed by atoms with E-state index >= 15 is 0 Å². The van der Waals surface area contributed by atoms with Crippen LogP contribution in [0.2, 0.25) is 0 Å². The van der Waals surface area contributed by atoms with Crippen molar-refractivity contribution in [2.45, 2.75) is 32.9 Å². The number of H-pyrrole nitrogens is 1. The number of aryl methyl sites for hydroxylation is 1. The number of aromatic nitrogens is 1. The highest BCUT2D eigenvalue weighted by Gasteiger charge is 2.12. The Morgan fingerprint density at radius 3 is 2.07 bits per heavy atom. The summed E-state index contributed by atoms with van der Waals surface area (Å²) < 4.78 is 0. The van der Waals surface area contributed by atoms with Gasteiger partial charge in [0.25, 0.3) is 0 Å². The summed E-state index contributed by atoms with van der Waals surface area (Å²) in [6, 6.07) is 27.7. The van der Waals surface area contributed by atoms with Gasteiger partial charge in [-0.1, -0.05) is 60.7 Å². The Morgan fingerprint density at radius 2 is 1.48 bits per heavy atom. The van der Waals surface area contributed by atoms with Crippen molar-refractivity contribution in [1.82, 2.24) is 4.98 Å². The molecule has 0 aliphatic heterocycles. The lowest BCUT2D eigenvalue weighted by molar-refractivity contribution is -0.116. The lowest BCUT2D eigenvalue weighted by atomic mass is 10.1. The number of nitrogens with one attached hydrogen (secondary N) is 1. The molecule has 0 aliphatic rings. The number of nitrogens with zero attached hydrogens (tertiary/aromatic N) is 1. The third-order valence-electron chi connectivity index (χ3n) is 5.30. The summed E-state index contributed by atoms with van der Waals surface area (Å²) in [5.74, 6) is 0.227. The second-order valence-electron chi connectivity index (χ2n) is 7.57. The molecule has 1 aromatic heterocycles. The van der Waals surface area contributed by atoms with Gasteiger partial charge >= 0.3 is 0 Å². The molecular weight excluding hydrogens is 356 g/mol. The third-order valence-corrected chi connectivity index (χ3v) is 5.30. The number of carbonyl (C=O) groups is 1. The van der Waals surface area contributed by atoms with E-state index in [0.29, 0.717) is 6.42 Å². The third kappa shape index (κ3) is 4.75. The fraction of sp³-hybridized carbons (Fsp3) is 0.192. The summed E-state index contributed by atoms with van der Waals surface area (Å²) >= 11 is 0. The highest BCUT2D eigenvalue weighted by Crippen LogP contribution is 2.28. The molecule has 0 saturated heterocycles. The van der Waals surface area contributed by atoms with Crippen LogP contribution in [0.15, 0.2) is 85.1 Å². The van der Waals surface area contributed by atoms with Crippen LogP contribution >= 0.6 is 0 Å². The summed E-state index contributed by atoms with van der Waals surface area (Å²) in [5, 5.41) is 1.20. The van der Waals surface area contributed by atoms with Crippen molar-refractivity contribution in [2.24, 2.45) is 0 Å². The topological polar surface area (TPSA) is 36.1 Å². The molecular formula is C26H26N2O. The summed E-state index contributed by atoms with van der Waals surface area (Å²) in [6.07, 6.45) is 3.39. The standard InChI is InChI=1S/C26H26N2O/c1-20(29)12-13-23-17-27-26-15-14-24(16-25(23)26)28(18-21-8-4-2-5-9-21)19-22-10-6-3-7-11-22/h2-11,14-17,27H,12-13,18-19H2,1H3. The second kappa shape index (κ2) is 8.78. The van der Waals surface area contributed by atoms with E-state index in [1.165, 1.54) is 27.8 Å². The van der Waals surface area contributed by atoms with Crippen molar-refractivity contribution in [3.05, 3.63) is 102 Å². The van der Waals surface area contributed by atoms with Gasteiger partial charge in [-0.2, -0.15) is 0 Å². The molecule has 3 nitrogen and oxygen atoms in total. The summed E-state index contributed by atoms with van der Waals surface area (Å²) in [6.45, 7) is 3.34. The molecule has 0 fully saturated rings. The molecule has 1 N–H and O–H groups in total. The van der Waals surface area contributed by atoms with Crippen LogP contribution in [0.3, 0.4) is 0 Å². The zero-order valence-electron chi connectivity index (χ0n) is 16.8. The van der Waals surface area contributed by atoms with Crippen LogP contribution in [0.1, 0.15) is 30.0 Å². The van der Waals surface area contributed by atoms with Gasteiger partial charge in [0, 0.05) is 42.3 Å². The molecule has 29 heavy (non-hydrogen) atoms. The van der Waals surface area contributed by atoms with Crippen molar-refractivity contribution in [3.8, 4) is 0 Å². The number of fused-ring (bicyclic) bond motifs is 1. The molecule has 0 unspecified atom stereocenters. The van der Waals surface area contributed by atoms with Gasteiger partial charge in [-0.05, 0) is 48.2 Å². The first-order valence-corrected chi connectivity index (χ1v) is 10.1. The second-order valence-corrected chi connectivity index (χ2v) is 7.57. The number of anilines is 1. The number of ketones is 1. The summed E-state index contributed by atoms with van der Waals surface area (Å²) in [7, 11) is 0. The van der Waals surface area contributed by atoms with Crippen LogP contribution in [0.4, 0.5) is 5.69 Å². The Kier molecular flexibility index (Phi) is 5.76. The van der Waals surface area contributed by atoms with Gasteiger partial charge < -0.3 is 14.7 Å². The highest BCUT2D eigenvalue weighted by molar-refractivity contribution is 5.87. The number of hydrogen-bond donors (Lipinski definition) is 1. The minimum Gasteiger partial charge on any atom is -0.363 e. The average Bonchev–Trinajstić information content (AvgIpc) is 3.15. The van der Waals surface area contributed by atoms with Crippen LogP contribution in [0, 0.1) is 0 Å². The molecule has 146 valence electrons. The van der Waals surface area contributed by atoms with E-state index < -0.39 is 0 Å². The van der Waals surface area contributed by atoms with Gasteiger partial charge in [-0.3, -0.25) is 0 Å². The normalized spacial score (nSPS) is 10.9. The van der Waals surface area contributed by atoms with Crippen LogP contribution in [-0.2, 0) is 24.3 Å². The van der Waals surface area contributed by atoms with Crippen LogP contribution in [-0.4, -0.2) is 10.8 Å². The zero-order valence-corrected chi connectivity index (χ0v) is 16.8. The first kappa shape index (κ1) is 19.0. The van der Waals surface area contributed by atoms with Gasteiger partial charge in [0.1, 0.15) is 5.78 Å². The fourth-order valence-electron chi connectivity index (χ4n) is 3.73. The van der Waals surface area contributed by atoms with E-state index in [-0.39, 0.29) is 5.78 Å². The quantitative estimate of drug-likeness (QED) is 0.412. The number of hydrogen-bond acceptors (Lipinski definition) is 2. The maximum Gasteiger partial charge on any atom is 0.130 e. The Bertz CT molecular complexity index is 1040. The molecule has 0 amide bonds. The number of carbonyl (C=O) groups excluding carboxylic acids is 1. The van der Waals surface area contributed by atoms with Crippen molar-refractivity contribution in [2.75, 3.05) is 4.90 Å². The van der Waals surface area contributed by atoms with E-state index in [2.05, 4.69) is 88.7 Å². The first-order valence-electron chi connectivity index (χ1n) is 10.1. The van der Waals surface area contributed by atoms with Gasteiger partial charge in [0.2, 0.25) is 0 Å². The minimum absolute atomic E-state index is 0.227. The van der Waals surface area contributed by atoms with Gasteiger partial charge in [-0.15, -0.1) is 0 Å². The molecule has 0 bridgehead atoms. The van der Waals surface area contributed by atoms with E-state index in [1.54, 1.807) is 6.92 Å². The Balaban J connectivity index is 1.67.